The van der Waals surface area contributed by atoms with Crippen LogP contribution in [0.5, 0.6) is 0 Å². The fourth-order valence-corrected chi connectivity index (χ4v) is 3.59. The molecule has 0 spiro atoms. The fourth-order valence-electron chi connectivity index (χ4n) is 3.34. The van der Waals surface area contributed by atoms with Crippen LogP contribution in [0.4, 0.5) is 11.4 Å². The zero-order valence-electron chi connectivity index (χ0n) is 18.2. The van der Waals surface area contributed by atoms with Crippen molar-refractivity contribution in [3.63, 3.8) is 0 Å². The molecule has 4 rings (SSSR count). The second-order valence-electron chi connectivity index (χ2n) is 7.18. The molecule has 0 saturated carbocycles. The van der Waals surface area contributed by atoms with Crippen molar-refractivity contribution < 1.29 is 24.0 Å². The van der Waals surface area contributed by atoms with Gasteiger partial charge >= 0.3 is 5.97 Å². The molecule has 35 heavy (non-hydrogen) atoms. The summed E-state index contributed by atoms with van der Waals surface area (Å²) < 4.78 is 5.06. The van der Waals surface area contributed by atoms with Crippen molar-refractivity contribution in [1.82, 2.24) is 10.2 Å². The normalized spacial score (nSPS) is 17.7. The number of thiocarbonyl (C=S) groups is 1. The zero-order valence-corrected chi connectivity index (χ0v) is 19.0. The monoisotopic (exact) mass is 491 g/mol. The van der Waals surface area contributed by atoms with Crippen LogP contribution in [0, 0.1) is 10.1 Å². The van der Waals surface area contributed by atoms with E-state index in [0.717, 1.165) is 5.01 Å². The average Bonchev–Trinajstić information content (AvgIpc) is 3.31. The second-order valence-corrected chi connectivity index (χ2v) is 7.56. The molecule has 2 aliphatic heterocycles. The predicted octanol–water partition coefficient (Wildman–Crippen LogP) is 2.50. The lowest BCUT2D eigenvalue weighted by molar-refractivity contribution is -0.384. The number of ether oxygens (including phenoxy) is 1. The number of nitro groups is 1. The van der Waals surface area contributed by atoms with E-state index in [1.54, 1.807) is 43.3 Å². The summed E-state index contributed by atoms with van der Waals surface area (Å²) in [5, 5.41) is 18.7. The van der Waals surface area contributed by atoms with Crippen LogP contribution in [0.1, 0.15) is 12.5 Å². The molecule has 0 radical (unpaired) electrons. The van der Waals surface area contributed by atoms with Gasteiger partial charge in [0.2, 0.25) is 0 Å². The SMILES string of the molecule is CCOC(=O)C1=NN(c2ccccc2)C(=O)/C1=C\N1C(=S)NC(=O)/C1=C\c1cccc([N+](=O)[O-])c1. The standard InChI is InChI=1S/C23H17N5O6S/c1-2-34-22(31)19-17(21(30)27(25-19)15-8-4-3-5-9-15)13-26-18(20(29)24-23(26)35)12-14-7-6-10-16(11-14)28(32)33/h3-13H,2H2,1H3,(H,24,29,35)/b17-13-,18-12+. The van der Waals surface area contributed by atoms with Crippen LogP contribution < -0.4 is 10.3 Å². The number of hydrazone groups is 1. The van der Waals surface area contributed by atoms with E-state index in [1.165, 1.54) is 35.4 Å². The smallest absolute Gasteiger partial charge is 0.359 e. The molecule has 176 valence electrons. The van der Waals surface area contributed by atoms with E-state index in [-0.39, 0.29) is 34.4 Å². The highest BCUT2D eigenvalue weighted by Gasteiger charge is 2.39. The molecule has 0 bridgehead atoms. The summed E-state index contributed by atoms with van der Waals surface area (Å²) in [6.07, 6.45) is 2.61. The number of nitrogens with zero attached hydrogens (tertiary/aromatic N) is 4. The number of benzene rings is 2. The molecule has 11 nitrogen and oxygen atoms in total. The number of nitrogens with one attached hydrogen (secondary N) is 1. The van der Waals surface area contributed by atoms with Gasteiger partial charge in [0.1, 0.15) is 5.70 Å². The summed E-state index contributed by atoms with van der Waals surface area (Å²) in [4.78, 5) is 50.2. The first-order chi connectivity index (χ1) is 16.8. The molecular formula is C23H17N5O6S. The van der Waals surface area contributed by atoms with Crippen molar-refractivity contribution in [2.75, 3.05) is 11.6 Å². The van der Waals surface area contributed by atoms with Crippen LogP contribution in [-0.4, -0.2) is 45.0 Å². The van der Waals surface area contributed by atoms with E-state index < -0.39 is 22.7 Å². The molecular weight excluding hydrogens is 474 g/mol. The quantitative estimate of drug-likeness (QED) is 0.214. The van der Waals surface area contributed by atoms with E-state index >= 15 is 0 Å². The summed E-state index contributed by atoms with van der Waals surface area (Å²) in [6, 6.07) is 14.1. The second kappa shape index (κ2) is 9.65. The Balaban J connectivity index is 1.77. The van der Waals surface area contributed by atoms with E-state index in [1.807, 2.05) is 0 Å². The predicted molar refractivity (Wildman–Crippen MR) is 130 cm³/mol. The minimum absolute atomic E-state index is 0.00262. The Morgan fingerprint density at radius 2 is 1.94 bits per heavy atom. The topological polar surface area (TPSA) is 134 Å². The highest BCUT2D eigenvalue weighted by atomic mass is 32.1. The number of hydrogen-bond acceptors (Lipinski definition) is 8. The number of non-ortho nitro benzene ring substituents is 1. The Labute approximate surface area is 204 Å². The molecule has 1 fully saturated rings. The fraction of sp³-hybridized carbons (Fsp3) is 0.0870. The lowest BCUT2D eigenvalue weighted by Crippen LogP contribution is -2.28. The molecule has 2 aromatic rings. The minimum Gasteiger partial charge on any atom is -0.461 e. The third-order valence-electron chi connectivity index (χ3n) is 4.92. The number of esters is 1. The molecule has 2 amide bonds. The van der Waals surface area contributed by atoms with E-state index in [9.17, 15) is 24.5 Å². The van der Waals surface area contributed by atoms with Gasteiger partial charge in [-0.25, -0.2) is 4.79 Å². The average molecular weight is 491 g/mol. The molecule has 2 aliphatic rings. The number of carbonyl (C=O) groups excluding carboxylic acids is 3. The molecule has 0 unspecified atom stereocenters. The van der Waals surface area contributed by atoms with Gasteiger partial charge in [0.25, 0.3) is 17.5 Å². The number of nitro benzene ring substituents is 1. The number of anilines is 1. The van der Waals surface area contributed by atoms with Gasteiger partial charge in [0.05, 0.1) is 22.8 Å². The first kappa shape index (κ1) is 23.4. The van der Waals surface area contributed by atoms with Gasteiger partial charge in [0, 0.05) is 18.3 Å². The van der Waals surface area contributed by atoms with Crippen LogP contribution >= 0.6 is 12.2 Å². The molecule has 0 aliphatic carbocycles. The van der Waals surface area contributed by atoms with Crippen molar-refractivity contribution in [1.29, 1.82) is 0 Å². The van der Waals surface area contributed by atoms with Gasteiger partial charge in [-0.05, 0) is 42.9 Å². The molecule has 2 aromatic carbocycles. The first-order valence-electron chi connectivity index (χ1n) is 10.3. The number of amides is 2. The highest BCUT2D eigenvalue weighted by Crippen LogP contribution is 2.27. The van der Waals surface area contributed by atoms with Gasteiger partial charge in [-0.3, -0.25) is 29.9 Å². The van der Waals surface area contributed by atoms with Gasteiger partial charge in [-0.1, -0.05) is 30.3 Å². The number of rotatable bonds is 6. The summed E-state index contributed by atoms with van der Waals surface area (Å²) in [5.41, 5.74) is 0.228. The highest BCUT2D eigenvalue weighted by molar-refractivity contribution is 7.80. The largest absolute Gasteiger partial charge is 0.461 e. The van der Waals surface area contributed by atoms with E-state index in [0.29, 0.717) is 11.3 Å². The van der Waals surface area contributed by atoms with Crippen molar-refractivity contribution in [2.45, 2.75) is 6.92 Å². The third-order valence-corrected chi connectivity index (χ3v) is 5.22. The van der Waals surface area contributed by atoms with Gasteiger partial charge in [0.15, 0.2) is 10.8 Å². The molecule has 0 aromatic heterocycles. The lowest BCUT2D eigenvalue weighted by atomic mass is 10.1. The third kappa shape index (κ3) is 4.68. The van der Waals surface area contributed by atoms with Gasteiger partial charge in [-0.2, -0.15) is 10.1 Å². The number of hydrogen-bond donors (Lipinski definition) is 1. The molecule has 2 heterocycles. The van der Waals surface area contributed by atoms with Crippen molar-refractivity contribution in [3.05, 3.63) is 87.7 Å². The van der Waals surface area contributed by atoms with Crippen LogP contribution in [0.25, 0.3) is 6.08 Å². The number of para-hydroxylation sites is 1. The lowest BCUT2D eigenvalue weighted by Gasteiger charge is -2.14. The Kier molecular flexibility index (Phi) is 6.46. The zero-order chi connectivity index (χ0) is 25.1. The Morgan fingerprint density at radius 1 is 1.20 bits per heavy atom. The molecule has 1 N–H and O–H groups in total. The minimum atomic E-state index is -0.820. The van der Waals surface area contributed by atoms with Crippen LogP contribution in [-0.2, 0) is 19.1 Å². The Morgan fingerprint density at radius 3 is 2.63 bits per heavy atom. The van der Waals surface area contributed by atoms with Crippen molar-refractivity contribution in [3.8, 4) is 0 Å². The number of carbonyl (C=O) groups is 3. The van der Waals surface area contributed by atoms with Crippen LogP contribution in [0.15, 0.2) is 77.2 Å². The first-order valence-corrected chi connectivity index (χ1v) is 10.7. The maximum atomic E-state index is 13.3. The van der Waals surface area contributed by atoms with Crippen LogP contribution in [0.2, 0.25) is 0 Å². The van der Waals surface area contributed by atoms with Crippen molar-refractivity contribution in [2.24, 2.45) is 5.10 Å². The van der Waals surface area contributed by atoms with Crippen LogP contribution in [0.3, 0.4) is 0 Å². The molecule has 12 heteroatoms. The van der Waals surface area contributed by atoms with E-state index in [2.05, 4.69) is 10.4 Å². The summed E-state index contributed by atoms with van der Waals surface area (Å²) in [5.74, 6) is -2.03. The Hall–Kier alpha value is -4.71. The molecule has 1 saturated heterocycles. The van der Waals surface area contributed by atoms with Crippen molar-refractivity contribution >= 4 is 58.3 Å². The van der Waals surface area contributed by atoms with E-state index in [4.69, 9.17) is 17.0 Å². The van der Waals surface area contributed by atoms with Gasteiger partial charge in [-0.15, -0.1) is 0 Å². The Bertz CT molecular complexity index is 1350. The summed E-state index contributed by atoms with van der Waals surface area (Å²) in [6.45, 7) is 1.68. The molecule has 0 atom stereocenters. The summed E-state index contributed by atoms with van der Waals surface area (Å²) >= 11 is 5.25. The van der Waals surface area contributed by atoms with Gasteiger partial charge < -0.3 is 4.74 Å². The maximum Gasteiger partial charge on any atom is 0.359 e. The summed E-state index contributed by atoms with van der Waals surface area (Å²) in [7, 11) is 0. The maximum absolute atomic E-state index is 13.3.